The third-order valence-electron chi connectivity index (χ3n) is 6.54. The molecule has 0 saturated heterocycles. The average Bonchev–Trinajstić information content (AvgIpc) is 2.90. The highest BCUT2D eigenvalue weighted by molar-refractivity contribution is 6.30. The van der Waals surface area contributed by atoms with Crippen molar-refractivity contribution < 1.29 is 5.11 Å². The van der Waals surface area contributed by atoms with Crippen molar-refractivity contribution in [2.75, 3.05) is 19.6 Å². The van der Waals surface area contributed by atoms with Crippen LogP contribution in [0.15, 0.2) is 78.9 Å². The van der Waals surface area contributed by atoms with Crippen LogP contribution < -0.4 is 0 Å². The van der Waals surface area contributed by atoms with Crippen molar-refractivity contribution in [1.29, 1.82) is 0 Å². The van der Waals surface area contributed by atoms with Gasteiger partial charge in [-0.05, 0) is 55.3 Å². The lowest BCUT2D eigenvalue weighted by atomic mass is 9.95. The van der Waals surface area contributed by atoms with Crippen LogP contribution in [0.1, 0.15) is 51.2 Å². The Morgan fingerprint density at radius 2 is 1.51 bits per heavy atom. The second-order valence-electron chi connectivity index (χ2n) is 9.19. The number of fused-ring (bicyclic) bond motifs is 1. The quantitative estimate of drug-likeness (QED) is 0.232. The zero-order chi connectivity index (χ0) is 24.6. The first-order valence-electron chi connectivity index (χ1n) is 12.8. The maximum atomic E-state index is 11.6. The topological polar surface area (TPSA) is 36.4 Å². The van der Waals surface area contributed by atoms with E-state index in [2.05, 4.69) is 55.1 Å². The molecule has 0 aliphatic carbocycles. The molecule has 1 heterocycles. The number of nitrogens with zero attached hydrogens (tertiary/aromatic N) is 2. The molecular formula is C31H35ClN2O. The Morgan fingerprint density at radius 1 is 0.829 bits per heavy atom. The summed E-state index contributed by atoms with van der Waals surface area (Å²) in [6.07, 6.45) is 3.98. The zero-order valence-electron chi connectivity index (χ0n) is 20.8. The normalized spacial score (nSPS) is 12.4. The summed E-state index contributed by atoms with van der Waals surface area (Å²) in [5.74, 6) is 0. The van der Waals surface area contributed by atoms with E-state index in [9.17, 15) is 5.11 Å². The molecule has 0 aliphatic heterocycles. The molecule has 1 N–H and O–H groups in total. The molecule has 0 radical (unpaired) electrons. The van der Waals surface area contributed by atoms with Crippen molar-refractivity contribution in [1.82, 2.24) is 9.88 Å². The van der Waals surface area contributed by atoms with E-state index in [1.54, 1.807) is 0 Å². The van der Waals surface area contributed by atoms with Crippen LogP contribution in [0.2, 0.25) is 5.02 Å². The predicted molar refractivity (Wildman–Crippen MR) is 149 cm³/mol. The van der Waals surface area contributed by atoms with E-state index in [1.807, 2.05) is 42.5 Å². The maximum Gasteiger partial charge on any atom is 0.0924 e. The number of benzene rings is 3. The highest BCUT2D eigenvalue weighted by atomic mass is 35.5. The lowest BCUT2D eigenvalue weighted by Gasteiger charge is -2.26. The van der Waals surface area contributed by atoms with Crippen LogP contribution in [0.25, 0.3) is 33.3 Å². The number of aliphatic hydroxyl groups is 1. The Kier molecular flexibility index (Phi) is 8.92. The second kappa shape index (κ2) is 12.3. The molecule has 1 atom stereocenters. The molecule has 0 bridgehead atoms. The number of hydrogen-bond donors (Lipinski definition) is 1. The first kappa shape index (κ1) is 25.4. The summed E-state index contributed by atoms with van der Waals surface area (Å²) >= 11 is 6.16. The number of pyridine rings is 1. The van der Waals surface area contributed by atoms with E-state index < -0.39 is 6.10 Å². The summed E-state index contributed by atoms with van der Waals surface area (Å²) in [5.41, 5.74) is 5.86. The average molecular weight is 487 g/mol. The van der Waals surface area contributed by atoms with Gasteiger partial charge in [-0.15, -0.1) is 0 Å². The first-order valence-corrected chi connectivity index (χ1v) is 13.1. The van der Waals surface area contributed by atoms with Crippen molar-refractivity contribution >= 4 is 22.5 Å². The van der Waals surface area contributed by atoms with Gasteiger partial charge in [-0.1, -0.05) is 99.0 Å². The largest absolute Gasteiger partial charge is 0.387 e. The Morgan fingerprint density at radius 3 is 2.17 bits per heavy atom. The van der Waals surface area contributed by atoms with E-state index in [0.29, 0.717) is 11.6 Å². The van der Waals surface area contributed by atoms with E-state index in [0.717, 1.165) is 77.6 Å². The predicted octanol–water partition coefficient (Wildman–Crippen LogP) is 8.16. The van der Waals surface area contributed by atoms with Gasteiger partial charge in [0.25, 0.3) is 0 Å². The highest BCUT2D eigenvalue weighted by Gasteiger charge is 2.19. The van der Waals surface area contributed by atoms with Gasteiger partial charge in [0.2, 0.25) is 0 Å². The van der Waals surface area contributed by atoms with Gasteiger partial charge in [0.05, 0.1) is 17.3 Å². The number of halogens is 1. The zero-order valence-corrected chi connectivity index (χ0v) is 21.5. The summed E-state index contributed by atoms with van der Waals surface area (Å²) in [7, 11) is 0. The van der Waals surface area contributed by atoms with Gasteiger partial charge in [0.1, 0.15) is 0 Å². The summed E-state index contributed by atoms with van der Waals surface area (Å²) in [6, 6.07) is 26.4. The molecule has 4 aromatic rings. The van der Waals surface area contributed by atoms with Gasteiger partial charge in [0, 0.05) is 28.1 Å². The summed E-state index contributed by atoms with van der Waals surface area (Å²) in [4.78, 5) is 7.51. The molecule has 0 aliphatic rings. The molecule has 0 amide bonds. The number of aromatic nitrogens is 1. The summed E-state index contributed by atoms with van der Waals surface area (Å²) in [6.45, 7) is 7.07. The van der Waals surface area contributed by atoms with Gasteiger partial charge < -0.3 is 10.0 Å². The summed E-state index contributed by atoms with van der Waals surface area (Å²) in [5, 5.41) is 13.3. The monoisotopic (exact) mass is 486 g/mol. The van der Waals surface area contributed by atoms with Crippen molar-refractivity contribution in [3.05, 3.63) is 89.4 Å². The molecule has 0 fully saturated rings. The fourth-order valence-corrected chi connectivity index (χ4v) is 4.70. The van der Waals surface area contributed by atoms with E-state index in [4.69, 9.17) is 16.6 Å². The van der Waals surface area contributed by atoms with E-state index in [-0.39, 0.29) is 0 Å². The van der Waals surface area contributed by atoms with Crippen LogP contribution in [0.4, 0.5) is 0 Å². The third-order valence-corrected chi connectivity index (χ3v) is 6.79. The molecule has 35 heavy (non-hydrogen) atoms. The minimum Gasteiger partial charge on any atom is -0.387 e. The number of aliphatic hydroxyl groups excluding tert-OH is 1. The third kappa shape index (κ3) is 6.29. The molecule has 0 saturated carbocycles. The van der Waals surface area contributed by atoms with Crippen LogP contribution in [0.5, 0.6) is 0 Å². The number of para-hydroxylation sites is 1. The lowest BCUT2D eigenvalue weighted by molar-refractivity contribution is 0.112. The fraction of sp³-hybridized carbons (Fsp3) is 0.323. The molecule has 0 unspecified atom stereocenters. The van der Waals surface area contributed by atoms with E-state index >= 15 is 0 Å². The number of hydrogen-bond acceptors (Lipinski definition) is 3. The van der Waals surface area contributed by atoms with Gasteiger partial charge in [-0.2, -0.15) is 0 Å². The Balaban J connectivity index is 1.82. The van der Waals surface area contributed by atoms with Crippen LogP contribution in [-0.4, -0.2) is 34.6 Å². The molecule has 4 heteroatoms. The van der Waals surface area contributed by atoms with Gasteiger partial charge in [-0.3, -0.25) is 0 Å². The van der Waals surface area contributed by atoms with Crippen molar-refractivity contribution in [2.45, 2.75) is 45.6 Å². The molecule has 3 aromatic carbocycles. The minimum absolute atomic E-state index is 0.605. The van der Waals surface area contributed by atoms with Crippen LogP contribution in [0, 0.1) is 0 Å². The summed E-state index contributed by atoms with van der Waals surface area (Å²) < 4.78 is 0. The Hall–Kier alpha value is -2.72. The molecule has 0 spiro atoms. The Bertz CT molecular complexity index is 1220. The van der Waals surface area contributed by atoms with Crippen molar-refractivity contribution in [3.63, 3.8) is 0 Å². The second-order valence-corrected chi connectivity index (χ2v) is 9.63. The molecular weight excluding hydrogens is 452 g/mol. The molecule has 1 aromatic heterocycles. The standard InChI is InChI=1S/C31H35ClN2O/c1-3-5-19-34(20-6-4-2)22-30(35)28-21-29(24-15-17-25(32)18-16-24)33-31-26(13-10-14-27(28)31)23-11-8-7-9-12-23/h7-18,21,30,35H,3-6,19-20,22H2,1-2H3/t30-/m0/s1. The Labute approximate surface area is 214 Å². The minimum atomic E-state index is -0.605. The van der Waals surface area contributed by atoms with Crippen molar-refractivity contribution in [3.8, 4) is 22.4 Å². The highest BCUT2D eigenvalue weighted by Crippen LogP contribution is 2.35. The molecule has 182 valence electrons. The van der Waals surface area contributed by atoms with Gasteiger partial charge in [0.15, 0.2) is 0 Å². The maximum absolute atomic E-state index is 11.6. The smallest absolute Gasteiger partial charge is 0.0924 e. The number of rotatable bonds is 11. The van der Waals surface area contributed by atoms with Crippen molar-refractivity contribution in [2.24, 2.45) is 0 Å². The fourth-order valence-electron chi connectivity index (χ4n) is 4.57. The van der Waals surface area contributed by atoms with Crippen LogP contribution >= 0.6 is 11.6 Å². The van der Waals surface area contributed by atoms with Crippen LogP contribution in [-0.2, 0) is 0 Å². The molecule has 4 rings (SSSR count). The first-order chi connectivity index (χ1) is 17.1. The number of unbranched alkanes of at least 4 members (excludes halogenated alkanes) is 2. The van der Waals surface area contributed by atoms with E-state index in [1.165, 1.54) is 0 Å². The SMILES string of the molecule is CCCCN(CCCC)C[C@H](O)c1cc(-c2ccc(Cl)cc2)nc2c(-c3ccccc3)cccc12. The van der Waals surface area contributed by atoms with Crippen LogP contribution in [0.3, 0.4) is 0 Å². The van der Waals surface area contributed by atoms with Gasteiger partial charge >= 0.3 is 0 Å². The lowest BCUT2D eigenvalue weighted by Crippen LogP contribution is -2.31. The molecule has 3 nitrogen and oxygen atoms in total. The van der Waals surface area contributed by atoms with Gasteiger partial charge in [-0.25, -0.2) is 4.98 Å².